The van der Waals surface area contributed by atoms with Gasteiger partial charge in [0.1, 0.15) is 11.5 Å². The maximum atomic E-state index is 10.2. The Balaban J connectivity index is 2.55. The van der Waals surface area contributed by atoms with Gasteiger partial charge < -0.3 is 14.6 Å². The van der Waals surface area contributed by atoms with Crippen molar-refractivity contribution in [3.63, 3.8) is 0 Å². The predicted octanol–water partition coefficient (Wildman–Crippen LogP) is 2.41. The van der Waals surface area contributed by atoms with Gasteiger partial charge in [-0.05, 0) is 31.2 Å². The molecule has 0 amide bonds. The Morgan fingerprint density at radius 2 is 1.94 bits per heavy atom. The number of hydrogen-bond donors (Lipinski definition) is 1. The minimum absolute atomic E-state index is 0.704. The number of thioether (sulfide) groups is 1. The Bertz CT molecular complexity index is 399. The summed E-state index contributed by atoms with van der Waals surface area (Å²) in [4.78, 5) is 0.997. The molecule has 2 rings (SSSR count). The molecular formula is C12H16O3S. The van der Waals surface area contributed by atoms with Gasteiger partial charge in [0.15, 0.2) is 0 Å². The molecule has 0 spiro atoms. The third kappa shape index (κ3) is 1.87. The fraction of sp³-hybridized carbons (Fsp3) is 0.500. The molecule has 0 radical (unpaired) electrons. The predicted molar refractivity (Wildman–Crippen MR) is 64.5 cm³/mol. The molecule has 88 valence electrons. The van der Waals surface area contributed by atoms with Crippen LogP contribution in [-0.4, -0.2) is 25.6 Å². The van der Waals surface area contributed by atoms with Crippen molar-refractivity contribution in [3.8, 4) is 11.5 Å². The molecule has 1 saturated carbocycles. The average Bonchev–Trinajstić information content (AvgIpc) is 3.06. The van der Waals surface area contributed by atoms with Crippen LogP contribution in [-0.2, 0) is 5.60 Å². The molecule has 4 heteroatoms. The fourth-order valence-electron chi connectivity index (χ4n) is 1.79. The van der Waals surface area contributed by atoms with E-state index in [2.05, 4.69) is 0 Å². The highest BCUT2D eigenvalue weighted by atomic mass is 32.2. The summed E-state index contributed by atoms with van der Waals surface area (Å²) >= 11 is 1.59. The van der Waals surface area contributed by atoms with Crippen LogP contribution in [0.5, 0.6) is 11.5 Å². The van der Waals surface area contributed by atoms with E-state index in [1.165, 1.54) is 0 Å². The topological polar surface area (TPSA) is 38.7 Å². The van der Waals surface area contributed by atoms with Crippen LogP contribution in [0.3, 0.4) is 0 Å². The largest absolute Gasteiger partial charge is 0.497 e. The lowest BCUT2D eigenvalue weighted by molar-refractivity contribution is 0.146. The van der Waals surface area contributed by atoms with Gasteiger partial charge in [0.2, 0.25) is 0 Å². The van der Waals surface area contributed by atoms with Gasteiger partial charge in [-0.15, -0.1) is 11.8 Å². The summed E-state index contributed by atoms with van der Waals surface area (Å²) in [6.45, 7) is 0. The molecule has 1 aliphatic carbocycles. The lowest BCUT2D eigenvalue weighted by atomic mass is 10.1. The van der Waals surface area contributed by atoms with Gasteiger partial charge in [-0.25, -0.2) is 0 Å². The molecule has 1 aliphatic rings. The van der Waals surface area contributed by atoms with E-state index in [1.54, 1.807) is 26.0 Å². The van der Waals surface area contributed by atoms with E-state index in [0.29, 0.717) is 0 Å². The SMILES string of the molecule is COc1cc(SC)c(OC)c(C2(O)CC2)c1. The number of benzene rings is 1. The maximum absolute atomic E-state index is 10.2. The standard InChI is InChI=1S/C12H16O3S/c1-14-8-6-9(12(13)4-5-12)11(15-2)10(7-8)16-3/h6-7,13H,4-5H2,1-3H3. The van der Waals surface area contributed by atoms with Crippen LogP contribution < -0.4 is 9.47 Å². The van der Waals surface area contributed by atoms with Crippen molar-refractivity contribution in [2.75, 3.05) is 20.5 Å². The van der Waals surface area contributed by atoms with Gasteiger partial charge >= 0.3 is 0 Å². The molecule has 0 aliphatic heterocycles. The van der Waals surface area contributed by atoms with E-state index in [0.717, 1.165) is 34.8 Å². The summed E-state index contributed by atoms with van der Waals surface area (Å²) < 4.78 is 10.6. The molecule has 1 aromatic carbocycles. The molecule has 3 nitrogen and oxygen atoms in total. The van der Waals surface area contributed by atoms with E-state index in [4.69, 9.17) is 9.47 Å². The number of aliphatic hydroxyl groups is 1. The number of hydrogen-bond acceptors (Lipinski definition) is 4. The van der Waals surface area contributed by atoms with E-state index in [-0.39, 0.29) is 0 Å². The Morgan fingerprint density at radius 1 is 1.25 bits per heavy atom. The van der Waals surface area contributed by atoms with Crippen LogP contribution in [0.2, 0.25) is 0 Å². The van der Waals surface area contributed by atoms with Crippen molar-refractivity contribution in [1.29, 1.82) is 0 Å². The van der Waals surface area contributed by atoms with E-state index < -0.39 is 5.60 Å². The summed E-state index contributed by atoms with van der Waals surface area (Å²) in [6, 6.07) is 3.80. The molecule has 0 atom stereocenters. The first-order valence-corrected chi connectivity index (χ1v) is 6.40. The highest BCUT2D eigenvalue weighted by Crippen LogP contribution is 2.51. The van der Waals surface area contributed by atoms with Crippen molar-refractivity contribution in [2.45, 2.75) is 23.3 Å². The van der Waals surface area contributed by atoms with Gasteiger partial charge in [0.05, 0.1) is 24.7 Å². The van der Waals surface area contributed by atoms with E-state index in [1.807, 2.05) is 18.4 Å². The summed E-state index contributed by atoms with van der Waals surface area (Å²) in [5, 5.41) is 10.2. The van der Waals surface area contributed by atoms with Crippen LogP contribution in [0.25, 0.3) is 0 Å². The summed E-state index contributed by atoms with van der Waals surface area (Å²) in [6.07, 6.45) is 3.58. The zero-order chi connectivity index (χ0) is 11.8. The molecule has 0 bridgehead atoms. The Labute approximate surface area is 99.8 Å². The molecule has 1 aromatic rings. The zero-order valence-corrected chi connectivity index (χ0v) is 10.6. The normalized spacial score (nSPS) is 17.0. The first-order valence-electron chi connectivity index (χ1n) is 5.17. The second-order valence-corrected chi connectivity index (χ2v) is 4.79. The third-order valence-electron chi connectivity index (χ3n) is 2.91. The van der Waals surface area contributed by atoms with Crippen molar-refractivity contribution in [3.05, 3.63) is 17.7 Å². The molecule has 16 heavy (non-hydrogen) atoms. The summed E-state index contributed by atoms with van der Waals surface area (Å²) in [5.74, 6) is 1.54. The van der Waals surface area contributed by atoms with Crippen molar-refractivity contribution in [2.24, 2.45) is 0 Å². The molecular weight excluding hydrogens is 224 g/mol. The van der Waals surface area contributed by atoms with Crippen molar-refractivity contribution < 1.29 is 14.6 Å². The van der Waals surface area contributed by atoms with Gasteiger partial charge in [-0.2, -0.15) is 0 Å². The van der Waals surface area contributed by atoms with Crippen LogP contribution >= 0.6 is 11.8 Å². The fourth-order valence-corrected chi connectivity index (χ4v) is 2.40. The lowest BCUT2D eigenvalue weighted by Crippen LogP contribution is -2.08. The quantitative estimate of drug-likeness (QED) is 0.820. The highest BCUT2D eigenvalue weighted by molar-refractivity contribution is 7.98. The third-order valence-corrected chi connectivity index (χ3v) is 3.66. The minimum Gasteiger partial charge on any atom is -0.497 e. The molecule has 1 N–H and O–H groups in total. The van der Waals surface area contributed by atoms with E-state index in [9.17, 15) is 5.11 Å². The highest BCUT2D eigenvalue weighted by Gasteiger charge is 2.45. The first-order chi connectivity index (χ1) is 7.64. The van der Waals surface area contributed by atoms with Crippen LogP contribution in [0.15, 0.2) is 17.0 Å². The van der Waals surface area contributed by atoms with Gasteiger partial charge in [0.25, 0.3) is 0 Å². The molecule has 0 heterocycles. The Morgan fingerprint density at radius 3 is 2.38 bits per heavy atom. The number of ether oxygens (including phenoxy) is 2. The monoisotopic (exact) mass is 240 g/mol. The van der Waals surface area contributed by atoms with Crippen LogP contribution in [0.4, 0.5) is 0 Å². The molecule has 1 fully saturated rings. The summed E-state index contributed by atoms with van der Waals surface area (Å²) in [7, 11) is 3.27. The molecule has 0 aromatic heterocycles. The van der Waals surface area contributed by atoms with Crippen molar-refractivity contribution >= 4 is 11.8 Å². The zero-order valence-electron chi connectivity index (χ0n) is 9.74. The van der Waals surface area contributed by atoms with Crippen molar-refractivity contribution in [1.82, 2.24) is 0 Å². The minimum atomic E-state index is -0.704. The second-order valence-electron chi connectivity index (χ2n) is 3.94. The van der Waals surface area contributed by atoms with Gasteiger partial charge in [-0.1, -0.05) is 0 Å². The second kappa shape index (κ2) is 4.18. The van der Waals surface area contributed by atoms with Crippen LogP contribution in [0.1, 0.15) is 18.4 Å². The average molecular weight is 240 g/mol. The lowest BCUT2D eigenvalue weighted by Gasteiger charge is -2.17. The van der Waals surface area contributed by atoms with Gasteiger partial charge in [-0.3, -0.25) is 0 Å². The van der Waals surface area contributed by atoms with Gasteiger partial charge in [0, 0.05) is 5.56 Å². The number of methoxy groups -OCH3 is 2. The van der Waals surface area contributed by atoms with Crippen LogP contribution in [0, 0.1) is 0 Å². The smallest absolute Gasteiger partial charge is 0.138 e. The first kappa shape index (κ1) is 11.6. The molecule has 0 saturated heterocycles. The maximum Gasteiger partial charge on any atom is 0.138 e. The summed E-state index contributed by atoms with van der Waals surface area (Å²) in [5.41, 5.74) is 0.142. The molecule has 0 unspecified atom stereocenters. The van der Waals surface area contributed by atoms with E-state index >= 15 is 0 Å². The Kier molecular flexibility index (Phi) is 3.04. The Hall–Kier alpha value is -0.870. The number of rotatable bonds is 4.